The van der Waals surface area contributed by atoms with Crippen molar-refractivity contribution >= 4 is 0 Å². The number of rotatable bonds is 3. The summed E-state index contributed by atoms with van der Waals surface area (Å²) in [5.74, 6) is 0.848. The molecule has 2 N–H and O–H groups in total. The zero-order valence-electron chi connectivity index (χ0n) is 8.98. The van der Waals surface area contributed by atoms with Crippen LogP contribution < -0.4 is 10.5 Å². The van der Waals surface area contributed by atoms with Gasteiger partial charge < -0.3 is 15.2 Å². The third-order valence-corrected chi connectivity index (χ3v) is 2.86. The average molecular weight is 207 g/mol. The van der Waals surface area contributed by atoms with Gasteiger partial charge in [-0.1, -0.05) is 18.2 Å². The molecule has 0 amide bonds. The minimum Gasteiger partial charge on any atom is -0.496 e. The Morgan fingerprint density at radius 3 is 2.93 bits per heavy atom. The minimum atomic E-state index is -0.0800. The lowest BCUT2D eigenvalue weighted by molar-refractivity contribution is 0.0893. The molecule has 0 radical (unpaired) electrons. The number of para-hydroxylation sites is 1. The van der Waals surface area contributed by atoms with E-state index in [0.717, 1.165) is 30.8 Å². The summed E-state index contributed by atoms with van der Waals surface area (Å²) in [6.45, 7) is 0.827. The Labute approximate surface area is 90.2 Å². The lowest BCUT2D eigenvalue weighted by Gasteiger charge is -2.20. The average Bonchev–Trinajstić information content (AvgIpc) is 2.81. The molecule has 1 fully saturated rings. The van der Waals surface area contributed by atoms with E-state index in [1.54, 1.807) is 7.11 Å². The van der Waals surface area contributed by atoms with Gasteiger partial charge in [-0.25, -0.2) is 0 Å². The van der Waals surface area contributed by atoms with E-state index in [1.807, 2.05) is 24.3 Å². The van der Waals surface area contributed by atoms with Crippen molar-refractivity contribution in [3.8, 4) is 5.75 Å². The molecule has 0 aromatic heterocycles. The summed E-state index contributed by atoms with van der Waals surface area (Å²) in [6, 6.07) is 7.79. The van der Waals surface area contributed by atoms with Crippen LogP contribution in [0.15, 0.2) is 24.3 Å². The van der Waals surface area contributed by atoms with E-state index in [0.29, 0.717) is 0 Å². The number of methoxy groups -OCH3 is 1. The Kier molecular flexibility index (Phi) is 3.23. The molecule has 1 aromatic rings. The van der Waals surface area contributed by atoms with Gasteiger partial charge in [-0.3, -0.25) is 0 Å². The highest BCUT2D eigenvalue weighted by Crippen LogP contribution is 2.30. The second-order valence-corrected chi connectivity index (χ2v) is 3.82. The van der Waals surface area contributed by atoms with Gasteiger partial charge in [-0.15, -0.1) is 0 Å². The minimum absolute atomic E-state index is 0.0800. The van der Waals surface area contributed by atoms with Crippen LogP contribution in [0, 0.1) is 0 Å². The lowest BCUT2D eigenvalue weighted by atomic mass is 9.99. The first-order valence-electron chi connectivity index (χ1n) is 5.33. The van der Waals surface area contributed by atoms with Crippen LogP contribution in [-0.4, -0.2) is 19.8 Å². The first kappa shape index (κ1) is 10.5. The molecule has 82 valence electrons. The zero-order chi connectivity index (χ0) is 10.7. The molecule has 3 nitrogen and oxygen atoms in total. The molecule has 0 spiro atoms. The number of hydrogen-bond acceptors (Lipinski definition) is 3. The van der Waals surface area contributed by atoms with Crippen LogP contribution in [0.2, 0.25) is 0 Å². The molecule has 3 heteroatoms. The molecule has 1 aliphatic heterocycles. The summed E-state index contributed by atoms with van der Waals surface area (Å²) in [4.78, 5) is 0. The molecule has 1 heterocycles. The Balaban J connectivity index is 2.19. The van der Waals surface area contributed by atoms with Crippen molar-refractivity contribution in [2.24, 2.45) is 5.73 Å². The first-order valence-corrected chi connectivity index (χ1v) is 5.33. The zero-order valence-corrected chi connectivity index (χ0v) is 8.98. The highest BCUT2D eigenvalue weighted by atomic mass is 16.5. The molecule has 1 saturated heterocycles. The van der Waals surface area contributed by atoms with Crippen LogP contribution in [0.3, 0.4) is 0 Å². The Morgan fingerprint density at radius 1 is 1.47 bits per heavy atom. The summed E-state index contributed by atoms with van der Waals surface area (Å²) >= 11 is 0. The number of benzene rings is 1. The highest BCUT2D eigenvalue weighted by molar-refractivity contribution is 5.36. The third-order valence-electron chi connectivity index (χ3n) is 2.86. The van der Waals surface area contributed by atoms with Gasteiger partial charge in [0, 0.05) is 12.2 Å². The van der Waals surface area contributed by atoms with E-state index in [-0.39, 0.29) is 12.1 Å². The summed E-state index contributed by atoms with van der Waals surface area (Å²) in [6.07, 6.45) is 2.29. The second kappa shape index (κ2) is 4.64. The van der Waals surface area contributed by atoms with Gasteiger partial charge in [0.25, 0.3) is 0 Å². The van der Waals surface area contributed by atoms with Crippen molar-refractivity contribution in [1.29, 1.82) is 0 Å². The van der Waals surface area contributed by atoms with Gasteiger partial charge in [-0.05, 0) is 18.9 Å². The molecule has 15 heavy (non-hydrogen) atoms. The molecular weight excluding hydrogens is 190 g/mol. The lowest BCUT2D eigenvalue weighted by Crippen LogP contribution is -2.25. The van der Waals surface area contributed by atoms with Crippen LogP contribution in [0.5, 0.6) is 5.75 Å². The van der Waals surface area contributed by atoms with E-state index < -0.39 is 0 Å². The Bertz CT molecular complexity index is 321. The summed E-state index contributed by atoms with van der Waals surface area (Å²) in [7, 11) is 1.67. The smallest absolute Gasteiger partial charge is 0.123 e. The van der Waals surface area contributed by atoms with Crippen LogP contribution in [-0.2, 0) is 4.74 Å². The van der Waals surface area contributed by atoms with E-state index >= 15 is 0 Å². The van der Waals surface area contributed by atoms with Gasteiger partial charge in [0.15, 0.2) is 0 Å². The molecule has 2 unspecified atom stereocenters. The predicted molar refractivity (Wildman–Crippen MR) is 58.9 cm³/mol. The fourth-order valence-corrected chi connectivity index (χ4v) is 2.03. The standard InChI is InChI=1S/C12H17NO2/c1-14-10-6-3-2-5-9(10)12(13)11-7-4-8-15-11/h2-3,5-6,11-12H,4,7-8,13H2,1H3. The SMILES string of the molecule is COc1ccccc1C(N)C1CCCO1. The van der Waals surface area contributed by atoms with Crippen LogP contribution in [0.1, 0.15) is 24.4 Å². The van der Waals surface area contributed by atoms with Gasteiger partial charge >= 0.3 is 0 Å². The summed E-state index contributed by atoms with van der Waals surface area (Å²) in [5.41, 5.74) is 7.21. The van der Waals surface area contributed by atoms with E-state index in [4.69, 9.17) is 15.2 Å². The molecule has 0 saturated carbocycles. The largest absolute Gasteiger partial charge is 0.496 e. The predicted octanol–water partition coefficient (Wildman–Crippen LogP) is 1.87. The van der Waals surface area contributed by atoms with Crippen molar-refractivity contribution in [2.75, 3.05) is 13.7 Å². The molecule has 1 aromatic carbocycles. The summed E-state index contributed by atoms with van der Waals surface area (Å²) < 4.78 is 10.9. The number of ether oxygens (including phenoxy) is 2. The molecule has 1 aliphatic rings. The topological polar surface area (TPSA) is 44.5 Å². The van der Waals surface area contributed by atoms with Crippen molar-refractivity contribution in [3.63, 3.8) is 0 Å². The molecule has 0 aliphatic carbocycles. The first-order chi connectivity index (χ1) is 7.33. The van der Waals surface area contributed by atoms with Crippen molar-refractivity contribution in [1.82, 2.24) is 0 Å². The van der Waals surface area contributed by atoms with Crippen molar-refractivity contribution in [3.05, 3.63) is 29.8 Å². The maximum Gasteiger partial charge on any atom is 0.123 e. The third kappa shape index (κ3) is 2.13. The highest BCUT2D eigenvalue weighted by Gasteiger charge is 2.25. The summed E-state index contributed by atoms with van der Waals surface area (Å²) in [5, 5.41) is 0. The van der Waals surface area contributed by atoms with Crippen LogP contribution in [0.4, 0.5) is 0 Å². The van der Waals surface area contributed by atoms with Crippen LogP contribution in [0.25, 0.3) is 0 Å². The fourth-order valence-electron chi connectivity index (χ4n) is 2.03. The quantitative estimate of drug-likeness (QED) is 0.823. The second-order valence-electron chi connectivity index (χ2n) is 3.82. The van der Waals surface area contributed by atoms with E-state index in [2.05, 4.69) is 0 Å². The van der Waals surface area contributed by atoms with E-state index in [9.17, 15) is 0 Å². The maximum absolute atomic E-state index is 6.17. The van der Waals surface area contributed by atoms with Gasteiger partial charge in [0.2, 0.25) is 0 Å². The molecule has 2 atom stereocenters. The van der Waals surface area contributed by atoms with Gasteiger partial charge in [0.05, 0.1) is 19.3 Å². The normalized spacial score (nSPS) is 22.7. The van der Waals surface area contributed by atoms with Crippen LogP contribution >= 0.6 is 0 Å². The Morgan fingerprint density at radius 2 is 2.27 bits per heavy atom. The molecular formula is C12H17NO2. The fraction of sp³-hybridized carbons (Fsp3) is 0.500. The van der Waals surface area contributed by atoms with Crippen molar-refractivity contribution < 1.29 is 9.47 Å². The van der Waals surface area contributed by atoms with Crippen molar-refractivity contribution in [2.45, 2.75) is 25.0 Å². The van der Waals surface area contributed by atoms with Gasteiger partial charge in [-0.2, -0.15) is 0 Å². The van der Waals surface area contributed by atoms with E-state index in [1.165, 1.54) is 0 Å². The van der Waals surface area contributed by atoms with Gasteiger partial charge in [0.1, 0.15) is 5.75 Å². The Hall–Kier alpha value is -1.06. The number of hydrogen-bond donors (Lipinski definition) is 1. The monoisotopic (exact) mass is 207 g/mol. The number of nitrogens with two attached hydrogens (primary N) is 1. The molecule has 0 bridgehead atoms. The molecule has 2 rings (SSSR count). The maximum atomic E-state index is 6.17.